The number of aromatic amines is 1. The van der Waals surface area contributed by atoms with Gasteiger partial charge < -0.3 is 15.2 Å². The molecule has 0 fully saturated rings. The zero-order valence-electron chi connectivity index (χ0n) is 18.6. The molecular weight excluding hydrogens is 464 g/mol. The van der Waals surface area contributed by atoms with Crippen LogP contribution in [0.3, 0.4) is 0 Å². The second-order valence-electron chi connectivity index (χ2n) is 8.28. The fourth-order valence-electron chi connectivity index (χ4n) is 3.96. The van der Waals surface area contributed by atoms with E-state index >= 15 is 0 Å². The molecule has 1 aliphatic rings. The first-order chi connectivity index (χ1) is 15.2. The Labute approximate surface area is 199 Å². The van der Waals surface area contributed by atoms with Gasteiger partial charge in [-0.25, -0.2) is 13.2 Å². The van der Waals surface area contributed by atoms with E-state index in [-0.39, 0.29) is 41.8 Å². The van der Waals surface area contributed by atoms with Gasteiger partial charge in [-0.15, -0.1) is 12.4 Å². The number of hydrogen-bond donors (Lipinski definition) is 2. The smallest absolute Gasteiger partial charge is 0.308 e. The van der Waals surface area contributed by atoms with Gasteiger partial charge >= 0.3 is 5.69 Å². The number of amides is 1. The molecule has 176 valence electrons. The molecule has 1 unspecified atom stereocenters. The minimum Gasteiger partial charge on any atom is -0.308 e. The van der Waals surface area contributed by atoms with E-state index in [9.17, 15) is 18.0 Å². The van der Waals surface area contributed by atoms with Crippen LogP contribution in [0.1, 0.15) is 26.3 Å². The molecular formula is C23H27ClN4O4S. The van der Waals surface area contributed by atoms with Gasteiger partial charge in [0.1, 0.15) is 0 Å². The quantitative estimate of drug-likeness (QED) is 0.553. The Hall–Kier alpha value is -2.88. The zero-order valence-corrected chi connectivity index (χ0v) is 20.2. The van der Waals surface area contributed by atoms with Crippen LogP contribution in [0.25, 0.3) is 11.3 Å². The maximum absolute atomic E-state index is 13.2. The van der Waals surface area contributed by atoms with Crippen LogP contribution in [0.15, 0.2) is 64.4 Å². The van der Waals surface area contributed by atoms with Crippen LogP contribution < -0.4 is 15.9 Å². The summed E-state index contributed by atoms with van der Waals surface area (Å²) >= 11 is 0. The average molecular weight is 491 g/mol. The lowest BCUT2D eigenvalue weighted by atomic mass is 10.1. The molecule has 1 amide bonds. The van der Waals surface area contributed by atoms with Gasteiger partial charge in [0.25, 0.3) is 10.0 Å². The zero-order chi connectivity index (χ0) is 23.0. The van der Waals surface area contributed by atoms with Crippen LogP contribution in [0, 0.1) is 0 Å². The van der Waals surface area contributed by atoms with Crippen molar-refractivity contribution in [2.45, 2.75) is 44.2 Å². The summed E-state index contributed by atoms with van der Waals surface area (Å²) in [4.78, 5) is 29.5. The summed E-state index contributed by atoms with van der Waals surface area (Å²) in [6.45, 7) is 6.09. The third-order valence-electron chi connectivity index (χ3n) is 5.53. The molecule has 0 spiro atoms. The summed E-state index contributed by atoms with van der Waals surface area (Å²) in [5, 5.41) is 3.12. The van der Waals surface area contributed by atoms with Crippen molar-refractivity contribution in [3.8, 4) is 11.3 Å². The number of aromatic nitrogens is 2. The monoisotopic (exact) mass is 490 g/mol. The number of fused-ring (bicyclic) bond motifs is 1. The van der Waals surface area contributed by atoms with E-state index in [4.69, 9.17) is 0 Å². The van der Waals surface area contributed by atoms with Gasteiger partial charge in [-0.05, 0) is 42.7 Å². The highest BCUT2D eigenvalue weighted by Gasteiger charge is 2.32. The maximum atomic E-state index is 13.2. The van der Waals surface area contributed by atoms with Crippen LogP contribution in [-0.2, 0) is 21.2 Å². The molecule has 0 saturated heterocycles. The molecule has 2 heterocycles. The van der Waals surface area contributed by atoms with Crippen molar-refractivity contribution in [2.75, 3.05) is 11.4 Å². The maximum Gasteiger partial charge on any atom is 0.340 e. The Morgan fingerprint density at radius 3 is 2.55 bits per heavy atom. The Kier molecular flexibility index (Phi) is 7.16. The van der Waals surface area contributed by atoms with Crippen LogP contribution in [0.5, 0.6) is 0 Å². The number of carbonyl (C=O) groups excluding carboxylic acids is 1. The molecule has 0 bridgehead atoms. The SMILES string of the molecule is CC(C)NCC(=O)N1c2ccc(S(=O)(=O)n3cc(-c4ccccc4)[nH]c3=O)cc2CC1C.Cl. The number of hydrogen-bond acceptors (Lipinski definition) is 5. The third-order valence-corrected chi connectivity index (χ3v) is 7.17. The minimum atomic E-state index is -4.10. The van der Waals surface area contributed by atoms with E-state index in [1.165, 1.54) is 12.3 Å². The highest BCUT2D eigenvalue weighted by Crippen LogP contribution is 2.34. The molecule has 8 nitrogen and oxygen atoms in total. The number of imidazole rings is 1. The second kappa shape index (κ2) is 9.54. The summed E-state index contributed by atoms with van der Waals surface area (Å²) in [5.41, 5.74) is 1.88. The van der Waals surface area contributed by atoms with E-state index in [1.807, 2.05) is 39.0 Å². The number of anilines is 1. The molecule has 1 atom stereocenters. The van der Waals surface area contributed by atoms with Crippen molar-refractivity contribution in [3.05, 3.63) is 70.8 Å². The standard InChI is InChI=1S/C23H26N4O4S.ClH/c1-15(2)24-13-22(28)27-16(3)11-18-12-19(9-10-21(18)27)32(30,31)26-14-20(25-23(26)29)17-7-5-4-6-8-17;/h4-10,12,14-16,24H,11,13H2,1-3H3,(H,25,29);1H. The lowest BCUT2D eigenvalue weighted by molar-refractivity contribution is -0.118. The van der Waals surface area contributed by atoms with Gasteiger partial charge in [-0.3, -0.25) is 4.79 Å². The van der Waals surface area contributed by atoms with Crippen LogP contribution in [-0.4, -0.2) is 41.9 Å². The molecule has 3 aromatic rings. The largest absolute Gasteiger partial charge is 0.340 e. The predicted octanol–water partition coefficient (Wildman–Crippen LogP) is 2.78. The summed E-state index contributed by atoms with van der Waals surface area (Å²) < 4.78 is 27.2. The van der Waals surface area contributed by atoms with Gasteiger partial charge in [-0.1, -0.05) is 44.2 Å². The molecule has 0 aliphatic carbocycles. The van der Waals surface area contributed by atoms with Crippen molar-refractivity contribution < 1.29 is 13.2 Å². The molecule has 0 radical (unpaired) electrons. The van der Waals surface area contributed by atoms with Crippen LogP contribution >= 0.6 is 12.4 Å². The Balaban J connectivity index is 0.00000306. The molecule has 4 rings (SSSR count). The first-order valence-corrected chi connectivity index (χ1v) is 11.9. The fourth-order valence-corrected chi connectivity index (χ4v) is 5.23. The van der Waals surface area contributed by atoms with E-state index in [1.54, 1.807) is 29.2 Å². The molecule has 0 saturated carbocycles. The topological polar surface area (TPSA) is 104 Å². The Bertz CT molecular complexity index is 1320. The highest BCUT2D eigenvalue weighted by molar-refractivity contribution is 7.90. The van der Waals surface area contributed by atoms with E-state index < -0.39 is 15.7 Å². The molecule has 1 aliphatic heterocycles. The average Bonchev–Trinajstić information content (AvgIpc) is 3.31. The van der Waals surface area contributed by atoms with Crippen LogP contribution in [0.4, 0.5) is 5.69 Å². The van der Waals surface area contributed by atoms with E-state index in [0.29, 0.717) is 23.4 Å². The van der Waals surface area contributed by atoms with Crippen molar-refractivity contribution in [3.63, 3.8) is 0 Å². The molecule has 2 N–H and O–H groups in total. The number of nitrogens with zero attached hydrogens (tertiary/aromatic N) is 2. The highest BCUT2D eigenvalue weighted by atomic mass is 35.5. The van der Waals surface area contributed by atoms with E-state index in [2.05, 4.69) is 10.3 Å². The van der Waals surface area contributed by atoms with Gasteiger partial charge in [0.05, 0.1) is 23.3 Å². The Morgan fingerprint density at radius 1 is 1.18 bits per heavy atom. The molecule has 33 heavy (non-hydrogen) atoms. The predicted molar refractivity (Wildman–Crippen MR) is 131 cm³/mol. The molecule has 1 aromatic heterocycles. The summed E-state index contributed by atoms with van der Waals surface area (Å²) in [6, 6.07) is 13.8. The van der Waals surface area contributed by atoms with Gasteiger partial charge in [0, 0.05) is 17.8 Å². The number of carbonyl (C=O) groups is 1. The van der Waals surface area contributed by atoms with Gasteiger partial charge in [0.2, 0.25) is 5.91 Å². The van der Waals surface area contributed by atoms with Crippen molar-refractivity contribution in [1.29, 1.82) is 0 Å². The first-order valence-electron chi connectivity index (χ1n) is 10.5. The first kappa shape index (κ1) is 24.8. The molecule has 10 heteroatoms. The van der Waals surface area contributed by atoms with Gasteiger partial charge in [-0.2, -0.15) is 3.97 Å². The van der Waals surface area contributed by atoms with Crippen molar-refractivity contribution in [1.82, 2.24) is 14.3 Å². The number of halogens is 1. The summed E-state index contributed by atoms with van der Waals surface area (Å²) in [5.74, 6) is -0.0603. The van der Waals surface area contributed by atoms with Crippen molar-refractivity contribution in [2.24, 2.45) is 0 Å². The molecule has 2 aromatic carbocycles. The normalized spacial score (nSPS) is 15.4. The minimum absolute atomic E-state index is 0. The second-order valence-corrected chi connectivity index (χ2v) is 10.1. The van der Waals surface area contributed by atoms with Gasteiger partial charge in [0.15, 0.2) is 0 Å². The summed E-state index contributed by atoms with van der Waals surface area (Å²) in [7, 11) is -4.10. The fraction of sp³-hybridized carbons (Fsp3) is 0.304. The summed E-state index contributed by atoms with van der Waals surface area (Å²) in [6.07, 6.45) is 1.85. The van der Waals surface area contributed by atoms with Crippen molar-refractivity contribution >= 4 is 34.0 Å². The van der Waals surface area contributed by atoms with Crippen LogP contribution in [0.2, 0.25) is 0 Å². The van der Waals surface area contributed by atoms with E-state index in [0.717, 1.165) is 9.54 Å². The Morgan fingerprint density at radius 2 is 1.88 bits per heavy atom. The number of benzene rings is 2. The number of nitrogens with one attached hydrogen (secondary N) is 2. The lowest BCUT2D eigenvalue weighted by Gasteiger charge is -2.23. The number of H-pyrrole nitrogens is 1. The number of rotatable bonds is 6. The third kappa shape index (κ3) is 4.75. The lowest BCUT2D eigenvalue weighted by Crippen LogP contribution is -2.43.